The number of para-hydroxylation sites is 1. The van der Waals surface area contributed by atoms with Crippen molar-refractivity contribution in [1.82, 2.24) is 0 Å². The van der Waals surface area contributed by atoms with Crippen LogP contribution in [0.3, 0.4) is 0 Å². The van der Waals surface area contributed by atoms with E-state index in [0.29, 0.717) is 27.8 Å². The van der Waals surface area contributed by atoms with Crippen molar-refractivity contribution in [2.45, 2.75) is 4.90 Å². The molecule has 6 heteroatoms. The van der Waals surface area contributed by atoms with Gasteiger partial charge in [-0.2, -0.15) is 0 Å². The Morgan fingerprint density at radius 3 is 2.70 bits per heavy atom. The molecule has 102 valence electrons. The third-order valence-corrected chi connectivity index (χ3v) is 3.17. The first-order chi connectivity index (χ1) is 9.72. The Balaban J connectivity index is 1.69. The summed E-state index contributed by atoms with van der Waals surface area (Å²) in [5.41, 5.74) is 1.28. The van der Waals surface area contributed by atoms with Crippen LogP contribution in [0.2, 0.25) is 0 Å². The number of carbonyl (C=O) groups excluding carboxylic acids is 1. The van der Waals surface area contributed by atoms with Gasteiger partial charge in [0.05, 0.1) is 5.69 Å². The summed E-state index contributed by atoms with van der Waals surface area (Å²) in [4.78, 5) is 12.6. The Morgan fingerprint density at radius 1 is 1.05 bits per heavy atom. The number of hydrogen-bond acceptors (Lipinski definition) is 4. The number of hydrogen-bond donors (Lipinski definition) is 3. The van der Waals surface area contributed by atoms with Crippen molar-refractivity contribution in [3.63, 3.8) is 0 Å². The fourth-order valence-corrected chi connectivity index (χ4v) is 2.05. The first kappa shape index (κ1) is 12.7. The highest BCUT2D eigenvalue weighted by atomic mass is 32.1. The van der Waals surface area contributed by atoms with Crippen LogP contribution in [0.1, 0.15) is 0 Å². The van der Waals surface area contributed by atoms with Crippen molar-refractivity contribution in [3.05, 3.63) is 42.5 Å². The number of amides is 2. The minimum atomic E-state index is -0.342. The molecule has 2 aromatic rings. The van der Waals surface area contributed by atoms with Gasteiger partial charge in [0.1, 0.15) is 0 Å². The number of urea groups is 1. The van der Waals surface area contributed by atoms with Gasteiger partial charge < -0.3 is 20.1 Å². The largest absolute Gasteiger partial charge is 0.454 e. The SMILES string of the molecule is O=C(Nc1ccc2c(c1)OCO2)Nc1ccccc1S. The zero-order chi connectivity index (χ0) is 13.9. The van der Waals surface area contributed by atoms with Gasteiger partial charge >= 0.3 is 6.03 Å². The normalized spacial score (nSPS) is 12.1. The Morgan fingerprint density at radius 2 is 1.85 bits per heavy atom. The highest BCUT2D eigenvalue weighted by Gasteiger charge is 2.14. The van der Waals surface area contributed by atoms with E-state index in [-0.39, 0.29) is 12.8 Å². The number of anilines is 2. The van der Waals surface area contributed by atoms with Gasteiger partial charge in [0.2, 0.25) is 6.79 Å². The standard InChI is InChI=1S/C14H12N2O3S/c17-14(16-10-3-1-2-4-13(10)20)15-9-5-6-11-12(7-9)19-8-18-11/h1-7,20H,8H2,(H2,15,16,17). The van der Waals surface area contributed by atoms with E-state index in [1.165, 1.54) is 0 Å². The fraction of sp³-hybridized carbons (Fsp3) is 0.0714. The van der Waals surface area contributed by atoms with Gasteiger partial charge in [-0.05, 0) is 24.3 Å². The van der Waals surface area contributed by atoms with E-state index in [9.17, 15) is 4.79 Å². The summed E-state index contributed by atoms with van der Waals surface area (Å²) in [5, 5.41) is 5.46. The predicted molar refractivity (Wildman–Crippen MR) is 78.9 cm³/mol. The summed E-state index contributed by atoms with van der Waals surface area (Å²) in [5.74, 6) is 1.30. The number of fused-ring (bicyclic) bond motifs is 1. The van der Waals surface area contributed by atoms with Crippen LogP contribution in [-0.4, -0.2) is 12.8 Å². The lowest BCUT2D eigenvalue weighted by Crippen LogP contribution is -2.19. The number of nitrogens with one attached hydrogen (secondary N) is 2. The van der Waals surface area contributed by atoms with Crippen LogP contribution in [0.4, 0.5) is 16.2 Å². The summed E-state index contributed by atoms with van der Waals surface area (Å²) >= 11 is 4.27. The van der Waals surface area contributed by atoms with Crippen LogP contribution < -0.4 is 20.1 Å². The predicted octanol–water partition coefficient (Wildman–Crippen LogP) is 3.35. The smallest absolute Gasteiger partial charge is 0.323 e. The van der Waals surface area contributed by atoms with Crippen molar-refractivity contribution in [2.24, 2.45) is 0 Å². The molecule has 5 nitrogen and oxygen atoms in total. The van der Waals surface area contributed by atoms with E-state index in [2.05, 4.69) is 23.3 Å². The molecule has 0 saturated heterocycles. The van der Waals surface area contributed by atoms with Gasteiger partial charge in [-0.1, -0.05) is 12.1 Å². The molecule has 0 aromatic heterocycles. The lowest BCUT2D eigenvalue weighted by Gasteiger charge is -2.09. The number of ether oxygens (including phenoxy) is 2. The lowest BCUT2D eigenvalue weighted by molar-refractivity contribution is 0.174. The number of benzene rings is 2. The van der Waals surface area contributed by atoms with E-state index >= 15 is 0 Å². The van der Waals surface area contributed by atoms with E-state index in [1.54, 1.807) is 30.3 Å². The third-order valence-electron chi connectivity index (χ3n) is 2.78. The summed E-state index contributed by atoms with van der Waals surface area (Å²) in [6.45, 7) is 0.206. The Hall–Kier alpha value is -2.34. The lowest BCUT2D eigenvalue weighted by atomic mass is 10.3. The van der Waals surface area contributed by atoms with Gasteiger partial charge in [0.15, 0.2) is 11.5 Å². The molecule has 1 heterocycles. The maximum absolute atomic E-state index is 11.9. The Kier molecular flexibility index (Phi) is 3.39. The highest BCUT2D eigenvalue weighted by molar-refractivity contribution is 7.80. The zero-order valence-electron chi connectivity index (χ0n) is 10.4. The molecule has 0 aliphatic carbocycles. The molecule has 0 fully saturated rings. The monoisotopic (exact) mass is 288 g/mol. The molecule has 0 bridgehead atoms. The maximum atomic E-state index is 11.9. The number of thiol groups is 1. The van der Waals surface area contributed by atoms with E-state index in [0.717, 1.165) is 0 Å². The Labute approximate surface area is 121 Å². The van der Waals surface area contributed by atoms with Crippen LogP contribution in [0.15, 0.2) is 47.4 Å². The molecule has 0 spiro atoms. The van der Waals surface area contributed by atoms with Gasteiger partial charge in [0, 0.05) is 16.6 Å². The summed E-state index contributed by atoms with van der Waals surface area (Å²) in [6, 6.07) is 12.1. The quantitative estimate of drug-likeness (QED) is 0.743. The number of rotatable bonds is 2. The maximum Gasteiger partial charge on any atom is 0.323 e. The molecule has 2 N–H and O–H groups in total. The van der Waals surface area contributed by atoms with Crippen molar-refractivity contribution in [3.8, 4) is 11.5 Å². The second-order valence-electron chi connectivity index (χ2n) is 4.16. The molecular weight excluding hydrogens is 276 g/mol. The second-order valence-corrected chi connectivity index (χ2v) is 4.65. The molecule has 1 aliphatic heterocycles. The van der Waals surface area contributed by atoms with E-state index in [4.69, 9.17) is 9.47 Å². The zero-order valence-corrected chi connectivity index (χ0v) is 11.3. The first-order valence-electron chi connectivity index (χ1n) is 5.98. The minimum Gasteiger partial charge on any atom is -0.454 e. The first-order valence-corrected chi connectivity index (χ1v) is 6.43. The molecular formula is C14H12N2O3S. The molecule has 2 amide bonds. The molecule has 1 aliphatic rings. The molecule has 20 heavy (non-hydrogen) atoms. The highest BCUT2D eigenvalue weighted by Crippen LogP contribution is 2.34. The van der Waals surface area contributed by atoms with Gasteiger partial charge in [-0.15, -0.1) is 12.6 Å². The van der Waals surface area contributed by atoms with Crippen LogP contribution >= 0.6 is 12.6 Å². The van der Waals surface area contributed by atoms with E-state index < -0.39 is 0 Å². The summed E-state index contributed by atoms with van der Waals surface area (Å²) < 4.78 is 10.5. The van der Waals surface area contributed by atoms with Crippen LogP contribution in [0.25, 0.3) is 0 Å². The second kappa shape index (κ2) is 5.34. The number of carbonyl (C=O) groups is 1. The molecule has 0 radical (unpaired) electrons. The molecule has 0 saturated carbocycles. The van der Waals surface area contributed by atoms with Gasteiger partial charge in [-0.25, -0.2) is 4.79 Å². The molecule has 0 unspecified atom stereocenters. The van der Waals surface area contributed by atoms with Crippen LogP contribution in [-0.2, 0) is 0 Å². The van der Waals surface area contributed by atoms with Crippen molar-refractivity contribution >= 4 is 30.0 Å². The fourth-order valence-electron chi connectivity index (χ4n) is 1.84. The van der Waals surface area contributed by atoms with Crippen LogP contribution in [0, 0.1) is 0 Å². The average molecular weight is 288 g/mol. The van der Waals surface area contributed by atoms with Gasteiger partial charge in [-0.3, -0.25) is 0 Å². The Bertz CT molecular complexity index is 661. The van der Waals surface area contributed by atoms with Gasteiger partial charge in [0.25, 0.3) is 0 Å². The van der Waals surface area contributed by atoms with Crippen LogP contribution in [0.5, 0.6) is 11.5 Å². The van der Waals surface area contributed by atoms with Crippen molar-refractivity contribution in [1.29, 1.82) is 0 Å². The molecule has 3 rings (SSSR count). The topological polar surface area (TPSA) is 59.6 Å². The van der Waals surface area contributed by atoms with Crippen molar-refractivity contribution < 1.29 is 14.3 Å². The summed E-state index contributed by atoms with van der Waals surface area (Å²) in [6.07, 6.45) is 0. The molecule has 2 aromatic carbocycles. The third kappa shape index (κ3) is 2.65. The van der Waals surface area contributed by atoms with E-state index in [1.807, 2.05) is 12.1 Å². The average Bonchev–Trinajstić information content (AvgIpc) is 2.89. The minimum absolute atomic E-state index is 0.206. The molecule has 0 atom stereocenters. The van der Waals surface area contributed by atoms with Crippen molar-refractivity contribution in [2.75, 3.05) is 17.4 Å². The summed E-state index contributed by atoms with van der Waals surface area (Å²) in [7, 11) is 0.